The molecule has 142 valence electrons. The molecule has 0 heterocycles. The normalized spacial score (nSPS) is 10.3. The van der Waals surface area contributed by atoms with E-state index < -0.39 is 0 Å². The molecule has 3 aromatic rings. The van der Waals surface area contributed by atoms with Gasteiger partial charge in [0.2, 0.25) is 11.8 Å². The molecule has 0 unspecified atom stereocenters. The van der Waals surface area contributed by atoms with Crippen molar-refractivity contribution in [1.82, 2.24) is 0 Å². The first-order chi connectivity index (χ1) is 13.6. The summed E-state index contributed by atoms with van der Waals surface area (Å²) in [5, 5.41) is 6.27. The third kappa shape index (κ3) is 6.44. The topological polar surface area (TPSA) is 58.2 Å². The van der Waals surface area contributed by atoms with E-state index in [1.54, 1.807) is 24.3 Å². The van der Waals surface area contributed by atoms with Crippen molar-refractivity contribution in [3.63, 3.8) is 0 Å². The van der Waals surface area contributed by atoms with Gasteiger partial charge in [-0.05, 0) is 48.0 Å². The van der Waals surface area contributed by atoms with E-state index in [1.807, 2.05) is 54.6 Å². The Morgan fingerprint density at radius 3 is 2.21 bits per heavy atom. The molecule has 3 aromatic carbocycles. The standard InChI is InChI=1S/C22H19ClN2O2S/c23-17-7-4-8-19(14-17)25-22(27)15-28-20-11-9-18(10-12-20)24-21(26)13-16-5-2-1-3-6-16/h1-12,14H,13,15H2,(H,24,26)(H,25,27). The van der Waals surface area contributed by atoms with Gasteiger partial charge in [0.25, 0.3) is 0 Å². The highest BCUT2D eigenvalue weighted by atomic mass is 35.5. The lowest BCUT2D eigenvalue weighted by Crippen LogP contribution is -2.14. The third-order valence-electron chi connectivity index (χ3n) is 3.82. The van der Waals surface area contributed by atoms with Gasteiger partial charge in [-0.1, -0.05) is 48.0 Å². The summed E-state index contributed by atoms with van der Waals surface area (Å²) in [5.41, 5.74) is 2.38. The quantitative estimate of drug-likeness (QED) is 0.523. The van der Waals surface area contributed by atoms with Crippen molar-refractivity contribution in [1.29, 1.82) is 0 Å². The Bertz CT molecular complexity index is 946. The second-order valence-electron chi connectivity index (χ2n) is 6.08. The predicted molar refractivity (Wildman–Crippen MR) is 116 cm³/mol. The average molecular weight is 411 g/mol. The Morgan fingerprint density at radius 2 is 1.50 bits per heavy atom. The van der Waals surface area contributed by atoms with Crippen molar-refractivity contribution < 1.29 is 9.59 Å². The van der Waals surface area contributed by atoms with Crippen LogP contribution in [0.25, 0.3) is 0 Å². The highest BCUT2D eigenvalue weighted by Crippen LogP contribution is 2.21. The minimum Gasteiger partial charge on any atom is -0.326 e. The van der Waals surface area contributed by atoms with E-state index in [0.717, 1.165) is 16.1 Å². The maximum Gasteiger partial charge on any atom is 0.234 e. The van der Waals surface area contributed by atoms with Crippen LogP contribution in [0.5, 0.6) is 0 Å². The van der Waals surface area contributed by atoms with Gasteiger partial charge in [0.05, 0.1) is 12.2 Å². The number of rotatable bonds is 7. The van der Waals surface area contributed by atoms with Gasteiger partial charge < -0.3 is 10.6 Å². The number of carbonyl (C=O) groups excluding carboxylic acids is 2. The fourth-order valence-corrected chi connectivity index (χ4v) is 3.42. The number of anilines is 2. The number of carbonyl (C=O) groups is 2. The number of halogens is 1. The highest BCUT2D eigenvalue weighted by Gasteiger charge is 2.06. The Morgan fingerprint density at radius 1 is 0.786 bits per heavy atom. The summed E-state index contributed by atoms with van der Waals surface area (Å²) in [6.07, 6.45) is 0.334. The van der Waals surface area contributed by atoms with Gasteiger partial charge in [0.15, 0.2) is 0 Å². The highest BCUT2D eigenvalue weighted by molar-refractivity contribution is 8.00. The number of nitrogens with one attached hydrogen (secondary N) is 2. The van der Waals surface area contributed by atoms with Gasteiger partial charge in [-0.2, -0.15) is 0 Å². The predicted octanol–water partition coefficient (Wildman–Crippen LogP) is 5.25. The second-order valence-corrected chi connectivity index (χ2v) is 7.57. The molecule has 6 heteroatoms. The summed E-state index contributed by atoms with van der Waals surface area (Å²) in [6, 6.07) is 24.1. The zero-order valence-electron chi connectivity index (χ0n) is 15.0. The molecule has 28 heavy (non-hydrogen) atoms. The largest absolute Gasteiger partial charge is 0.326 e. The van der Waals surface area contributed by atoms with E-state index in [4.69, 9.17) is 11.6 Å². The monoisotopic (exact) mass is 410 g/mol. The molecule has 0 aliphatic heterocycles. The van der Waals surface area contributed by atoms with Crippen molar-refractivity contribution in [3.05, 3.63) is 89.4 Å². The van der Waals surface area contributed by atoms with Crippen LogP contribution < -0.4 is 10.6 Å². The van der Waals surface area contributed by atoms with E-state index in [2.05, 4.69) is 10.6 Å². The number of hydrogen-bond donors (Lipinski definition) is 2. The average Bonchev–Trinajstić information content (AvgIpc) is 2.68. The van der Waals surface area contributed by atoms with Crippen LogP contribution in [0.4, 0.5) is 11.4 Å². The lowest BCUT2D eigenvalue weighted by Gasteiger charge is -2.08. The van der Waals surface area contributed by atoms with Crippen LogP contribution in [-0.2, 0) is 16.0 Å². The van der Waals surface area contributed by atoms with Crippen LogP contribution in [0, 0.1) is 0 Å². The first kappa shape index (κ1) is 20.0. The summed E-state index contributed by atoms with van der Waals surface area (Å²) in [5.74, 6) is 0.117. The van der Waals surface area contributed by atoms with E-state index in [-0.39, 0.29) is 17.6 Å². The minimum absolute atomic E-state index is 0.0625. The van der Waals surface area contributed by atoms with Crippen LogP contribution in [0.1, 0.15) is 5.56 Å². The van der Waals surface area contributed by atoms with Crippen molar-refractivity contribution in [2.45, 2.75) is 11.3 Å². The van der Waals surface area contributed by atoms with Crippen molar-refractivity contribution in [2.75, 3.05) is 16.4 Å². The van der Waals surface area contributed by atoms with E-state index >= 15 is 0 Å². The molecule has 0 atom stereocenters. The first-order valence-electron chi connectivity index (χ1n) is 8.70. The molecule has 0 saturated heterocycles. The SMILES string of the molecule is O=C(CSc1ccc(NC(=O)Cc2ccccc2)cc1)Nc1cccc(Cl)c1. The smallest absolute Gasteiger partial charge is 0.234 e. The Balaban J connectivity index is 1.46. The van der Waals surface area contributed by atoms with E-state index in [9.17, 15) is 9.59 Å². The van der Waals surface area contributed by atoms with Gasteiger partial charge in [0, 0.05) is 21.3 Å². The van der Waals surface area contributed by atoms with Gasteiger partial charge in [-0.25, -0.2) is 0 Å². The summed E-state index contributed by atoms with van der Waals surface area (Å²) in [6.45, 7) is 0. The third-order valence-corrected chi connectivity index (χ3v) is 5.07. The molecule has 2 amide bonds. The molecule has 0 bridgehead atoms. The van der Waals surface area contributed by atoms with Gasteiger partial charge in [-0.3, -0.25) is 9.59 Å². The number of hydrogen-bond acceptors (Lipinski definition) is 3. The molecule has 0 aromatic heterocycles. The molecule has 0 aliphatic rings. The molecule has 0 spiro atoms. The van der Waals surface area contributed by atoms with Gasteiger partial charge in [0.1, 0.15) is 0 Å². The molecule has 4 nitrogen and oxygen atoms in total. The van der Waals surface area contributed by atoms with Crippen molar-refractivity contribution in [3.8, 4) is 0 Å². The molecular formula is C22H19ClN2O2S. The van der Waals surface area contributed by atoms with Crippen molar-refractivity contribution >= 4 is 46.6 Å². The molecule has 0 fully saturated rings. The van der Waals surface area contributed by atoms with Crippen LogP contribution in [0.2, 0.25) is 5.02 Å². The second kappa shape index (κ2) is 9.97. The van der Waals surface area contributed by atoms with Crippen LogP contribution in [0.15, 0.2) is 83.8 Å². The maximum absolute atomic E-state index is 12.1. The van der Waals surface area contributed by atoms with Crippen LogP contribution in [0.3, 0.4) is 0 Å². The summed E-state index contributed by atoms with van der Waals surface area (Å²) in [7, 11) is 0. The maximum atomic E-state index is 12.1. The summed E-state index contributed by atoms with van der Waals surface area (Å²) < 4.78 is 0. The summed E-state index contributed by atoms with van der Waals surface area (Å²) in [4.78, 5) is 25.1. The molecule has 2 N–H and O–H groups in total. The molecule has 0 saturated carbocycles. The number of thioether (sulfide) groups is 1. The Hall–Kier alpha value is -2.76. The van der Waals surface area contributed by atoms with Gasteiger partial charge in [-0.15, -0.1) is 11.8 Å². The summed E-state index contributed by atoms with van der Waals surface area (Å²) >= 11 is 7.34. The van der Waals surface area contributed by atoms with E-state index in [0.29, 0.717) is 17.1 Å². The fourth-order valence-electron chi connectivity index (χ4n) is 2.53. The molecule has 0 radical (unpaired) electrons. The number of amides is 2. The van der Waals surface area contributed by atoms with Crippen LogP contribution in [-0.4, -0.2) is 17.6 Å². The lowest BCUT2D eigenvalue weighted by molar-refractivity contribution is -0.115. The zero-order valence-corrected chi connectivity index (χ0v) is 16.6. The zero-order chi connectivity index (χ0) is 19.8. The Kier molecular flexibility index (Phi) is 7.12. The molecule has 3 rings (SSSR count). The molecular weight excluding hydrogens is 392 g/mol. The van der Waals surface area contributed by atoms with E-state index in [1.165, 1.54) is 11.8 Å². The lowest BCUT2D eigenvalue weighted by atomic mass is 10.1. The first-order valence-corrected chi connectivity index (χ1v) is 10.1. The fraction of sp³-hybridized carbons (Fsp3) is 0.0909. The van der Waals surface area contributed by atoms with Gasteiger partial charge >= 0.3 is 0 Å². The minimum atomic E-state index is -0.104. The number of benzene rings is 3. The molecule has 0 aliphatic carbocycles. The van der Waals surface area contributed by atoms with Crippen LogP contribution >= 0.6 is 23.4 Å². The Labute approximate surface area is 173 Å². The van der Waals surface area contributed by atoms with Crippen molar-refractivity contribution in [2.24, 2.45) is 0 Å².